The van der Waals surface area contributed by atoms with E-state index in [-0.39, 0.29) is 55.7 Å². The fourth-order valence-electron chi connectivity index (χ4n) is 4.20. The molecule has 0 spiro atoms. The number of rotatable bonds is 11. The molecule has 6 nitrogen and oxygen atoms in total. The van der Waals surface area contributed by atoms with Crippen LogP contribution in [0.2, 0.25) is 0 Å². The fraction of sp³-hybridized carbons (Fsp3) is 0.194. The maximum atomic E-state index is 13.5. The number of hydrogen-bond donors (Lipinski definition) is 0. The van der Waals surface area contributed by atoms with Crippen molar-refractivity contribution in [2.45, 2.75) is 25.9 Å². The summed E-state index contributed by atoms with van der Waals surface area (Å²) in [5, 5.41) is 0.420. The zero-order valence-electron chi connectivity index (χ0n) is 21.0. The van der Waals surface area contributed by atoms with Crippen molar-refractivity contribution < 1.29 is 18.4 Å². The van der Waals surface area contributed by atoms with Gasteiger partial charge in [-0.2, -0.15) is 0 Å². The van der Waals surface area contributed by atoms with Gasteiger partial charge < -0.3 is 14.2 Å². The third-order valence-electron chi connectivity index (χ3n) is 6.25. The van der Waals surface area contributed by atoms with E-state index in [2.05, 4.69) is 6.58 Å². The van der Waals surface area contributed by atoms with Gasteiger partial charge in [0.05, 0.1) is 23.8 Å². The van der Waals surface area contributed by atoms with Gasteiger partial charge in [-0.15, -0.1) is 6.58 Å². The zero-order valence-corrected chi connectivity index (χ0v) is 21.0. The summed E-state index contributed by atoms with van der Waals surface area (Å²) in [5.74, 6) is -0.908. The monoisotopic (exact) mass is 512 g/mol. The molecule has 0 saturated carbocycles. The lowest BCUT2D eigenvalue weighted by Gasteiger charge is -2.27. The van der Waals surface area contributed by atoms with Crippen LogP contribution in [-0.2, 0) is 29.1 Å². The molecule has 4 rings (SSSR count). The smallest absolute Gasteiger partial charge is 0.242 e. The average Bonchev–Trinajstić information content (AvgIpc) is 2.94. The molecule has 0 aliphatic rings. The normalized spacial score (nSPS) is 10.8. The number of amides is 2. The van der Waals surface area contributed by atoms with E-state index in [0.29, 0.717) is 28.5 Å². The van der Waals surface area contributed by atoms with Crippen LogP contribution in [0.25, 0.3) is 11.0 Å². The van der Waals surface area contributed by atoms with Crippen molar-refractivity contribution in [3.8, 4) is 0 Å². The van der Waals surface area contributed by atoms with Crippen LogP contribution in [0.4, 0.5) is 4.39 Å². The van der Waals surface area contributed by atoms with E-state index in [1.165, 1.54) is 28.2 Å². The summed E-state index contributed by atoms with van der Waals surface area (Å²) in [6, 6.07) is 22.4. The third-order valence-corrected chi connectivity index (χ3v) is 6.25. The SMILES string of the molecule is C=CCN(CC(=O)N(Cc1ccc(F)cc1)Cc1coc2ccccc2c1=O)C(=O)CCc1ccccc1. The van der Waals surface area contributed by atoms with Gasteiger partial charge in [0.1, 0.15) is 17.9 Å². The molecule has 7 heteroatoms. The highest BCUT2D eigenvalue weighted by Crippen LogP contribution is 2.15. The second kappa shape index (κ2) is 12.6. The molecule has 0 N–H and O–H groups in total. The summed E-state index contributed by atoms with van der Waals surface area (Å²) in [6.45, 7) is 3.87. The highest BCUT2D eigenvalue weighted by Gasteiger charge is 2.22. The number of benzene rings is 3. The number of fused-ring (bicyclic) bond motifs is 1. The van der Waals surface area contributed by atoms with Gasteiger partial charge in [0.25, 0.3) is 0 Å². The molecule has 0 unspecified atom stereocenters. The fourth-order valence-corrected chi connectivity index (χ4v) is 4.20. The molecule has 1 heterocycles. The minimum Gasteiger partial charge on any atom is -0.464 e. The Kier molecular flexibility index (Phi) is 8.82. The Labute approximate surface area is 220 Å². The van der Waals surface area contributed by atoms with Crippen molar-refractivity contribution in [1.29, 1.82) is 0 Å². The Hall–Kier alpha value is -4.52. The van der Waals surface area contributed by atoms with Gasteiger partial charge >= 0.3 is 0 Å². The van der Waals surface area contributed by atoms with Crippen LogP contribution in [0.3, 0.4) is 0 Å². The second-order valence-corrected chi connectivity index (χ2v) is 9.01. The third kappa shape index (κ3) is 6.82. The summed E-state index contributed by atoms with van der Waals surface area (Å²) >= 11 is 0. The number of hydrogen-bond acceptors (Lipinski definition) is 4. The Morgan fingerprint density at radius 3 is 2.29 bits per heavy atom. The molecule has 38 heavy (non-hydrogen) atoms. The Bertz CT molecular complexity index is 1470. The second-order valence-electron chi connectivity index (χ2n) is 9.01. The van der Waals surface area contributed by atoms with Crippen LogP contribution in [0.15, 0.2) is 107 Å². The number of carbonyl (C=O) groups excluding carboxylic acids is 2. The molecule has 0 bridgehead atoms. The molecular formula is C31H29FN2O4. The molecule has 194 valence electrons. The first-order chi connectivity index (χ1) is 18.4. The van der Waals surface area contributed by atoms with Crippen molar-refractivity contribution in [3.63, 3.8) is 0 Å². The van der Waals surface area contributed by atoms with E-state index in [0.717, 1.165) is 5.56 Å². The maximum absolute atomic E-state index is 13.5. The van der Waals surface area contributed by atoms with E-state index in [1.807, 2.05) is 30.3 Å². The molecule has 3 aromatic carbocycles. The summed E-state index contributed by atoms with van der Waals surface area (Å²) < 4.78 is 19.1. The number of aryl methyl sites for hydroxylation is 1. The number of carbonyl (C=O) groups is 2. The highest BCUT2D eigenvalue weighted by molar-refractivity contribution is 5.85. The van der Waals surface area contributed by atoms with Crippen molar-refractivity contribution in [1.82, 2.24) is 9.80 Å². The Balaban J connectivity index is 1.55. The Morgan fingerprint density at radius 2 is 1.55 bits per heavy atom. The molecule has 0 atom stereocenters. The highest BCUT2D eigenvalue weighted by atomic mass is 19.1. The van der Waals surface area contributed by atoms with Crippen LogP contribution in [-0.4, -0.2) is 34.7 Å². The van der Waals surface area contributed by atoms with Crippen LogP contribution in [0.5, 0.6) is 0 Å². The number of halogens is 1. The van der Waals surface area contributed by atoms with E-state index >= 15 is 0 Å². The lowest BCUT2D eigenvalue weighted by molar-refractivity contribution is -0.140. The molecule has 2 amide bonds. The number of para-hydroxylation sites is 1. The predicted molar refractivity (Wildman–Crippen MR) is 145 cm³/mol. The topological polar surface area (TPSA) is 70.8 Å². The Morgan fingerprint density at radius 1 is 0.842 bits per heavy atom. The summed E-state index contributed by atoms with van der Waals surface area (Å²) in [7, 11) is 0. The summed E-state index contributed by atoms with van der Waals surface area (Å²) in [4.78, 5) is 42.6. The zero-order chi connectivity index (χ0) is 26.9. The van der Waals surface area contributed by atoms with Crippen LogP contribution < -0.4 is 5.43 Å². The molecule has 0 aliphatic heterocycles. The minimum atomic E-state index is -0.386. The summed E-state index contributed by atoms with van der Waals surface area (Å²) in [6.07, 6.45) is 3.74. The van der Waals surface area contributed by atoms with Crippen LogP contribution in [0.1, 0.15) is 23.1 Å². The lowest BCUT2D eigenvalue weighted by Crippen LogP contribution is -2.43. The first kappa shape index (κ1) is 26.5. The minimum absolute atomic E-state index is 0.0243. The first-order valence-electron chi connectivity index (χ1n) is 12.4. The van der Waals surface area contributed by atoms with Gasteiger partial charge in [0.2, 0.25) is 11.8 Å². The molecule has 0 saturated heterocycles. The quantitative estimate of drug-likeness (QED) is 0.262. The van der Waals surface area contributed by atoms with Crippen LogP contribution in [0, 0.1) is 5.82 Å². The maximum Gasteiger partial charge on any atom is 0.242 e. The van der Waals surface area contributed by atoms with Gasteiger partial charge in [-0.1, -0.05) is 60.7 Å². The van der Waals surface area contributed by atoms with Crippen molar-refractivity contribution in [3.05, 3.63) is 131 Å². The van der Waals surface area contributed by atoms with Gasteiger partial charge in [-0.05, 0) is 41.8 Å². The van der Waals surface area contributed by atoms with E-state index < -0.39 is 0 Å². The molecular weight excluding hydrogens is 483 g/mol. The number of nitrogens with zero attached hydrogens (tertiary/aromatic N) is 2. The van der Waals surface area contributed by atoms with Crippen LogP contribution >= 0.6 is 0 Å². The van der Waals surface area contributed by atoms with Gasteiger partial charge in [0, 0.05) is 19.5 Å². The molecule has 0 radical (unpaired) electrons. The summed E-state index contributed by atoms with van der Waals surface area (Å²) in [5.41, 5.74) is 2.26. The van der Waals surface area contributed by atoms with E-state index in [1.54, 1.807) is 42.5 Å². The van der Waals surface area contributed by atoms with Gasteiger partial charge in [0.15, 0.2) is 5.43 Å². The van der Waals surface area contributed by atoms with Crippen molar-refractivity contribution in [2.75, 3.05) is 13.1 Å². The first-order valence-corrected chi connectivity index (χ1v) is 12.4. The van der Waals surface area contributed by atoms with E-state index in [4.69, 9.17) is 4.42 Å². The van der Waals surface area contributed by atoms with Gasteiger partial charge in [-0.25, -0.2) is 4.39 Å². The average molecular weight is 513 g/mol. The van der Waals surface area contributed by atoms with Crippen molar-refractivity contribution >= 4 is 22.8 Å². The lowest BCUT2D eigenvalue weighted by atomic mass is 10.1. The van der Waals surface area contributed by atoms with Crippen molar-refractivity contribution in [2.24, 2.45) is 0 Å². The molecule has 0 fully saturated rings. The molecule has 1 aromatic heterocycles. The largest absolute Gasteiger partial charge is 0.464 e. The van der Waals surface area contributed by atoms with E-state index in [9.17, 15) is 18.8 Å². The molecule has 4 aromatic rings. The van der Waals surface area contributed by atoms with Gasteiger partial charge in [-0.3, -0.25) is 14.4 Å². The molecule has 0 aliphatic carbocycles. The predicted octanol–water partition coefficient (Wildman–Crippen LogP) is 5.11. The standard InChI is InChI=1S/C31H29FN2O4/c1-2-18-33(29(35)17-14-23-8-4-3-5-9-23)21-30(36)34(19-24-12-15-26(32)16-13-24)20-25-22-38-28-11-7-6-10-27(28)31(25)37/h2-13,15-16,22H,1,14,17-21H2.